The largest absolute Gasteiger partial charge is 0.496 e. The van der Waals surface area contributed by atoms with Crippen LogP contribution in [-0.2, 0) is 0 Å². The van der Waals surface area contributed by atoms with Gasteiger partial charge in [-0.25, -0.2) is 0 Å². The van der Waals surface area contributed by atoms with Gasteiger partial charge in [-0.15, -0.1) is 0 Å². The number of fused-ring (bicyclic) bond motifs is 2. The molecule has 0 aliphatic carbocycles. The van der Waals surface area contributed by atoms with Crippen molar-refractivity contribution in [3.8, 4) is 5.75 Å². The summed E-state index contributed by atoms with van der Waals surface area (Å²) < 4.78 is 5.29. The molecule has 0 saturated carbocycles. The molecule has 1 N–H and O–H groups in total. The highest BCUT2D eigenvalue weighted by molar-refractivity contribution is 6.00. The lowest BCUT2D eigenvalue weighted by Gasteiger charge is -2.28. The molecule has 2 fully saturated rings. The molecule has 2 bridgehead atoms. The SMILES string of the molecule is COc1ccccc1C(=O)C1CC2CCC(C1)N2. The van der Waals surface area contributed by atoms with Crippen molar-refractivity contribution in [1.29, 1.82) is 0 Å². The number of hydrogen-bond acceptors (Lipinski definition) is 3. The highest BCUT2D eigenvalue weighted by Crippen LogP contribution is 2.34. The molecule has 1 aromatic rings. The van der Waals surface area contributed by atoms with Gasteiger partial charge >= 0.3 is 0 Å². The van der Waals surface area contributed by atoms with Crippen molar-refractivity contribution in [2.24, 2.45) is 5.92 Å². The molecular formula is C15H19NO2. The molecule has 2 heterocycles. The fraction of sp³-hybridized carbons (Fsp3) is 0.533. The Kier molecular flexibility index (Phi) is 3.08. The number of nitrogens with one attached hydrogen (secondary N) is 1. The van der Waals surface area contributed by atoms with Crippen molar-refractivity contribution in [2.45, 2.75) is 37.8 Å². The second-order valence-corrected chi connectivity index (χ2v) is 5.37. The van der Waals surface area contributed by atoms with Crippen LogP contribution in [0, 0.1) is 5.92 Å². The number of ketones is 1. The minimum Gasteiger partial charge on any atom is -0.496 e. The Morgan fingerprint density at radius 3 is 2.56 bits per heavy atom. The van der Waals surface area contributed by atoms with E-state index in [0.717, 1.165) is 18.4 Å². The van der Waals surface area contributed by atoms with E-state index in [4.69, 9.17) is 4.74 Å². The van der Waals surface area contributed by atoms with E-state index < -0.39 is 0 Å². The Morgan fingerprint density at radius 2 is 1.89 bits per heavy atom. The normalized spacial score (nSPS) is 30.2. The minimum absolute atomic E-state index is 0.167. The fourth-order valence-electron chi connectivity index (χ4n) is 3.34. The summed E-state index contributed by atoms with van der Waals surface area (Å²) in [5.74, 6) is 1.12. The van der Waals surface area contributed by atoms with Crippen LogP contribution in [0.1, 0.15) is 36.0 Å². The van der Waals surface area contributed by atoms with E-state index in [1.54, 1.807) is 7.11 Å². The Labute approximate surface area is 108 Å². The Balaban J connectivity index is 1.82. The van der Waals surface area contributed by atoms with Crippen molar-refractivity contribution < 1.29 is 9.53 Å². The average molecular weight is 245 g/mol. The van der Waals surface area contributed by atoms with Crippen molar-refractivity contribution in [1.82, 2.24) is 5.32 Å². The number of Topliss-reactive ketones (excluding diaryl/α,β-unsaturated/α-hetero) is 1. The molecule has 0 aromatic heterocycles. The van der Waals surface area contributed by atoms with E-state index in [2.05, 4.69) is 5.32 Å². The summed E-state index contributed by atoms with van der Waals surface area (Å²) in [4.78, 5) is 12.6. The molecular weight excluding hydrogens is 226 g/mol. The first-order valence-electron chi connectivity index (χ1n) is 6.71. The summed E-state index contributed by atoms with van der Waals surface area (Å²) in [7, 11) is 1.62. The molecule has 2 aliphatic heterocycles. The number of benzene rings is 1. The Hall–Kier alpha value is -1.35. The number of rotatable bonds is 3. The maximum Gasteiger partial charge on any atom is 0.169 e. The van der Waals surface area contributed by atoms with Gasteiger partial charge in [0.2, 0.25) is 0 Å². The average Bonchev–Trinajstić information content (AvgIpc) is 2.76. The first-order valence-corrected chi connectivity index (χ1v) is 6.71. The molecule has 0 radical (unpaired) electrons. The second kappa shape index (κ2) is 4.73. The number of para-hydroxylation sites is 1. The number of carbonyl (C=O) groups excluding carboxylic acids is 1. The van der Waals surface area contributed by atoms with E-state index in [1.807, 2.05) is 24.3 Å². The van der Waals surface area contributed by atoms with Crippen LogP contribution in [0.3, 0.4) is 0 Å². The number of methoxy groups -OCH3 is 1. The lowest BCUT2D eigenvalue weighted by molar-refractivity contribution is 0.0872. The van der Waals surface area contributed by atoms with Crippen molar-refractivity contribution >= 4 is 5.78 Å². The van der Waals surface area contributed by atoms with Gasteiger partial charge < -0.3 is 10.1 Å². The third-order valence-electron chi connectivity index (χ3n) is 4.22. The molecule has 0 amide bonds. The molecule has 3 rings (SSSR count). The standard InChI is InChI=1S/C15H19NO2/c1-18-14-5-3-2-4-13(14)15(17)10-8-11-6-7-12(9-10)16-11/h2-5,10-12,16H,6-9H2,1H3. The van der Waals surface area contributed by atoms with Gasteiger partial charge in [-0.2, -0.15) is 0 Å². The molecule has 2 atom stereocenters. The van der Waals surface area contributed by atoms with Crippen LogP contribution >= 0.6 is 0 Å². The maximum absolute atomic E-state index is 12.6. The van der Waals surface area contributed by atoms with Gasteiger partial charge in [0, 0.05) is 18.0 Å². The van der Waals surface area contributed by atoms with Gasteiger partial charge in [0.25, 0.3) is 0 Å². The Morgan fingerprint density at radius 1 is 1.22 bits per heavy atom. The first kappa shape index (κ1) is 11.7. The zero-order chi connectivity index (χ0) is 12.5. The maximum atomic E-state index is 12.6. The lowest BCUT2D eigenvalue weighted by atomic mass is 9.85. The van der Waals surface area contributed by atoms with Crippen molar-refractivity contribution in [2.75, 3.05) is 7.11 Å². The van der Waals surface area contributed by atoms with Gasteiger partial charge in [-0.3, -0.25) is 4.79 Å². The van der Waals surface area contributed by atoms with Crippen LogP contribution in [0.2, 0.25) is 0 Å². The summed E-state index contributed by atoms with van der Waals surface area (Å²) in [6, 6.07) is 8.65. The summed E-state index contributed by atoms with van der Waals surface area (Å²) in [6.07, 6.45) is 4.40. The van der Waals surface area contributed by atoms with Crippen LogP contribution in [0.15, 0.2) is 24.3 Å². The third-order valence-corrected chi connectivity index (χ3v) is 4.22. The fourth-order valence-corrected chi connectivity index (χ4v) is 3.34. The molecule has 18 heavy (non-hydrogen) atoms. The predicted molar refractivity (Wildman–Crippen MR) is 70.0 cm³/mol. The quantitative estimate of drug-likeness (QED) is 0.831. The molecule has 3 nitrogen and oxygen atoms in total. The van der Waals surface area contributed by atoms with Crippen LogP contribution in [-0.4, -0.2) is 25.0 Å². The third kappa shape index (κ3) is 2.03. The molecule has 1 aromatic carbocycles. The number of piperidine rings is 1. The molecule has 2 unspecified atom stereocenters. The van der Waals surface area contributed by atoms with E-state index in [1.165, 1.54) is 12.8 Å². The summed E-state index contributed by atoms with van der Waals surface area (Å²) >= 11 is 0. The zero-order valence-corrected chi connectivity index (χ0v) is 10.7. The summed E-state index contributed by atoms with van der Waals surface area (Å²) in [6.45, 7) is 0. The highest BCUT2D eigenvalue weighted by Gasteiger charge is 2.37. The van der Waals surface area contributed by atoms with E-state index >= 15 is 0 Å². The summed E-state index contributed by atoms with van der Waals surface area (Å²) in [5, 5.41) is 3.57. The van der Waals surface area contributed by atoms with Gasteiger partial charge in [0.1, 0.15) is 5.75 Å². The van der Waals surface area contributed by atoms with Crippen LogP contribution < -0.4 is 10.1 Å². The van der Waals surface area contributed by atoms with Crippen LogP contribution in [0.25, 0.3) is 0 Å². The highest BCUT2D eigenvalue weighted by atomic mass is 16.5. The van der Waals surface area contributed by atoms with Crippen molar-refractivity contribution in [3.63, 3.8) is 0 Å². The lowest BCUT2D eigenvalue weighted by Crippen LogP contribution is -2.40. The van der Waals surface area contributed by atoms with Gasteiger partial charge in [-0.05, 0) is 37.8 Å². The predicted octanol–water partition coefficient (Wildman–Crippen LogP) is 2.41. The topological polar surface area (TPSA) is 38.3 Å². The summed E-state index contributed by atoms with van der Waals surface area (Å²) in [5.41, 5.74) is 0.742. The molecule has 2 saturated heterocycles. The number of ether oxygens (including phenoxy) is 1. The molecule has 2 aliphatic rings. The van der Waals surface area contributed by atoms with Crippen LogP contribution in [0.4, 0.5) is 0 Å². The van der Waals surface area contributed by atoms with Gasteiger partial charge in [0.15, 0.2) is 5.78 Å². The molecule has 96 valence electrons. The van der Waals surface area contributed by atoms with Crippen molar-refractivity contribution in [3.05, 3.63) is 29.8 Å². The second-order valence-electron chi connectivity index (χ2n) is 5.37. The first-order chi connectivity index (χ1) is 8.78. The van der Waals surface area contributed by atoms with E-state index in [0.29, 0.717) is 17.8 Å². The minimum atomic E-state index is 0.167. The zero-order valence-electron chi connectivity index (χ0n) is 10.7. The monoisotopic (exact) mass is 245 g/mol. The van der Waals surface area contributed by atoms with Crippen LogP contribution in [0.5, 0.6) is 5.75 Å². The smallest absolute Gasteiger partial charge is 0.169 e. The molecule has 0 spiro atoms. The number of carbonyl (C=O) groups is 1. The molecule has 3 heteroatoms. The van der Waals surface area contributed by atoms with Gasteiger partial charge in [-0.1, -0.05) is 12.1 Å². The van der Waals surface area contributed by atoms with E-state index in [-0.39, 0.29) is 11.7 Å². The van der Waals surface area contributed by atoms with Gasteiger partial charge in [0.05, 0.1) is 12.7 Å². The Bertz CT molecular complexity index is 446. The number of hydrogen-bond donors (Lipinski definition) is 1. The van der Waals surface area contributed by atoms with E-state index in [9.17, 15) is 4.79 Å².